The molecule has 0 aromatic carbocycles. The van der Waals surface area contributed by atoms with Gasteiger partial charge in [-0.05, 0) is 39.2 Å². The summed E-state index contributed by atoms with van der Waals surface area (Å²) >= 11 is 0. The lowest BCUT2D eigenvalue weighted by atomic mass is 10.1. The Labute approximate surface area is 70.4 Å². The third kappa shape index (κ3) is 5.96. The van der Waals surface area contributed by atoms with E-state index in [1.165, 1.54) is 5.57 Å². The first-order valence-corrected chi connectivity index (χ1v) is 4.35. The lowest BCUT2D eigenvalue weighted by Gasteiger charge is -2.18. The molecule has 1 heteroatoms. The molecule has 11 heavy (non-hydrogen) atoms. The molecule has 0 heterocycles. The lowest BCUT2D eigenvalue weighted by molar-refractivity contribution is 0.0745. The molecule has 0 saturated carbocycles. The van der Waals surface area contributed by atoms with Crippen molar-refractivity contribution in [2.75, 3.05) is 0 Å². The van der Waals surface area contributed by atoms with Crippen LogP contribution in [0.3, 0.4) is 0 Å². The van der Waals surface area contributed by atoms with Gasteiger partial charge in [0.15, 0.2) is 0 Å². The smallest absolute Gasteiger partial charge is 0.0998 e. The van der Waals surface area contributed by atoms with Crippen molar-refractivity contribution in [1.82, 2.24) is 0 Å². The second kappa shape index (κ2) is 4.42. The van der Waals surface area contributed by atoms with Crippen LogP contribution in [0.25, 0.3) is 0 Å². The van der Waals surface area contributed by atoms with E-state index in [1.54, 1.807) is 0 Å². The molecule has 0 aromatic rings. The fourth-order valence-electron chi connectivity index (χ4n) is 0.677. The Morgan fingerprint density at radius 1 is 1.18 bits per heavy atom. The summed E-state index contributed by atoms with van der Waals surface area (Å²) in [5.74, 6) is 0. The molecule has 0 N–H and O–H groups in total. The van der Waals surface area contributed by atoms with Gasteiger partial charge in [0.1, 0.15) is 0 Å². The molecule has 0 radical (unpaired) electrons. The van der Waals surface area contributed by atoms with Crippen LogP contribution in [0.15, 0.2) is 11.8 Å². The van der Waals surface area contributed by atoms with Crippen LogP contribution in [0.1, 0.15) is 47.5 Å². The normalized spacial score (nSPS) is 11.0. The molecular formula is C10H20O. The van der Waals surface area contributed by atoms with E-state index in [1.807, 2.05) is 6.26 Å². The van der Waals surface area contributed by atoms with Gasteiger partial charge in [-0.3, -0.25) is 0 Å². The third-order valence-electron chi connectivity index (χ3n) is 1.49. The summed E-state index contributed by atoms with van der Waals surface area (Å²) < 4.78 is 5.51. The van der Waals surface area contributed by atoms with Crippen LogP contribution >= 0.6 is 0 Å². The van der Waals surface area contributed by atoms with E-state index in [0.29, 0.717) is 0 Å². The van der Waals surface area contributed by atoms with E-state index >= 15 is 0 Å². The van der Waals surface area contributed by atoms with Crippen LogP contribution < -0.4 is 0 Å². The van der Waals surface area contributed by atoms with Crippen LogP contribution in [0.2, 0.25) is 0 Å². The molecule has 0 aliphatic carbocycles. The maximum Gasteiger partial charge on any atom is 0.0998 e. The van der Waals surface area contributed by atoms with E-state index in [4.69, 9.17) is 4.74 Å². The molecule has 0 saturated heterocycles. The number of allylic oxidation sites excluding steroid dienone is 1. The summed E-state index contributed by atoms with van der Waals surface area (Å²) in [4.78, 5) is 0. The van der Waals surface area contributed by atoms with Crippen LogP contribution in [-0.2, 0) is 4.74 Å². The van der Waals surface area contributed by atoms with E-state index in [-0.39, 0.29) is 5.60 Å². The van der Waals surface area contributed by atoms with Gasteiger partial charge in [-0.2, -0.15) is 0 Å². The Morgan fingerprint density at radius 3 is 1.91 bits per heavy atom. The SMILES string of the molecule is CCC(=COC(C)(C)C)CC. The zero-order chi connectivity index (χ0) is 8.91. The predicted octanol–water partition coefficient (Wildman–Crippen LogP) is 3.51. The minimum atomic E-state index is -0.0460. The molecule has 66 valence electrons. The predicted molar refractivity (Wildman–Crippen MR) is 49.5 cm³/mol. The first-order valence-electron chi connectivity index (χ1n) is 4.35. The molecule has 0 rings (SSSR count). The first kappa shape index (κ1) is 10.5. The Hall–Kier alpha value is -0.460. The van der Waals surface area contributed by atoms with Crippen molar-refractivity contribution in [3.05, 3.63) is 11.8 Å². The van der Waals surface area contributed by atoms with Gasteiger partial charge < -0.3 is 4.74 Å². The highest BCUT2D eigenvalue weighted by atomic mass is 16.5. The minimum absolute atomic E-state index is 0.0460. The standard InChI is InChI=1S/C10H20O/c1-6-9(7-2)8-11-10(3,4)5/h8H,6-7H2,1-5H3. The van der Waals surface area contributed by atoms with E-state index in [2.05, 4.69) is 34.6 Å². The van der Waals surface area contributed by atoms with Crippen molar-refractivity contribution in [2.24, 2.45) is 0 Å². The van der Waals surface area contributed by atoms with Crippen molar-refractivity contribution in [1.29, 1.82) is 0 Å². The van der Waals surface area contributed by atoms with Crippen LogP contribution in [0, 0.1) is 0 Å². The highest BCUT2D eigenvalue weighted by Gasteiger charge is 2.07. The monoisotopic (exact) mass is 156 g/mol. The summed E-state index contributed by atoms with van der Waals surface area (Å²) in [5, 5.41) is 0. The van der Waals surface area contributed by atoms with Crippen LogP contribution in [-0.4, -0.2) is 5.60 Å². The molecule has 0 bridgehead atoms. The molecule has 0 fully saturated rings. The Bertz CT molecular complexity index is 122. The Kier molecular flexibility index (Phi) is 4.24. The minimum Gasteiger partial charge on any atom is -0.496 e. The van der Waals surface area contributed by atoms with Crippen molar-refractivity contribution in [2.45, 2.75) is 53.1 Å². The average Bonchev–Trinajstić information content (AvgIpc) is 1.88. The molecule has 0 atom stereocenters. The molecule has 0 unspecified atom stereocenters. The summed E-state index contributed by atoms with van der Waals surface area (Å²) in [6, 6.07) is 0. The number of hydrogen-bond donors (Lipinski definition) is 0. The van der Waals surface area contributed by atoms with E-state index in [0.717, 1.165) is 12.8 Å². The van der Waals surface area contributed by atoms with Crippen LogP contribution in [0.5, 0.6) is 0 Å². The zero-order valence-corrected chi connectivity index (χ0v) is 8.40. The second-order valence-corrected chi connectivity index (χ2v) is 3.71. The molecule has 0 aliphatic heterocycles. The Balaban J connectivity index is 3.89. The van der Waals surface area contributed by atoms with Crippen LogP contribution in [0.4, 0.5) is 0 Å². The first-order chi connectivity index (χ1) is 4.99. The summed E-state index contributed by atoms with van der Waals surface area (Å²) in [5.41, 5.74) is 1.33. The summed E-state index contributed by atoms with van der Waals surface area (Å²) in [7, 11) is 0. The van der Waals surface area contributed by atoms with E-state index in [9.17, 15) is 0 Å². The molecular weight excluding hydrogens is 136 g/mol. The molecule has 0 amide bonds. The Morgan fingerprint density at radius 2 is 1.64 bits per heavy atom. The van der Waals surface area contributed by atoms with Crippen molar-refractivity contribution >= 4 is 0 Å². The summed E-state index contributed by atoms with van der Waals surface area (Å²) in [6.07, 6.45) is 4.08. The quantitative estimate of drug-likeness (QED) is 0.568. The van der Waals surface area contributed by atoms with Crippen molar-refractivity contribution in [3.8, 4) is 0 Å². The maximum absolute atomic E-state index is 5.51. The molecule has 0 aliphatic rings. The van der Waals surface area contributed by atoms with E-state index < -0.39 is 0 Å². The summed E-state index contributed by atoms with van der Waals surface area (Å²) in [6.45, 7) is 10.5. The van der Waals surface area contributed by atoms with Gasteiger partial charge >= 0.3 is 0 Å². The van der Waals surface area contributed by atoms with Gasteiger partial charge in [-0.15, -0.1) is 0 Å². The maximum atomic E-state index is 5.51. The van der Waals surface area contributed by atoms with Gasteiger partial charge in [0, 0.05) is 0 Å². The van der Waals surface area contributed by atoms with Gasteiger partial charge in [-0.1, -0.05) is 13.8 Å². The zero-order valence-electron chi connectivity index (χ0n) is 8.40. The van der Waals surface area contributed by atoms with Gasteiger partial charge in [0.2, 0.25) is 0 Å². The third-order valence-corrected chi connectivity index (χ3v) is 1.49. The van der Waals surface area contributed by atoms with Gasteiger partial charge in [0.25, 0.3) is 0 Å². The second-order valence-electron chi connectivity index (χ2n) is 3.71. The number of ether oxygens (including phenoxy) is 1. The lowest BCUT2D eigenvalue weighted by Crippen LogP contribution is -2.15. The van der Waals surface area contributed by atoms with Crippen molar-refractivity contribution < 1.29 is 4.74 Å². The van der Waals surface area contributed by atoms with Gasteiger partial charge in [-0.25, -0.2) is 0 Å². The average molecular weight is 156 g/mol. The molecule has 0 aromatic heterocycles. The fourth-order valence-corrected chi connectivity index (χ4v) is 0.677. The topological polar surface area (TPSA) is 9.23 Å². The van der Waals surface area contributed by atoms with Crippen molar-refractivity contribution in [3.63, 3.8) is 0 Å². The largest absolute Gasteiger partial charge is 0.496 e. The molecule has 1 nitrogen and oxygen atoms in total. The number of rotatable bonds is 3. The highest BCUT2D eigenvalue weighted by molar-refractivity contribution is 4.96. The fraction of sp³-hybridized carbons (Fsp3) is 0.800. The number of hydrogen-bond acceptors (Lipinski definition) is 1. The molecule has 0 spiro atoms. The highest BCUT2D eigenvalue weighted by Crippen LogP contribution is 2.12. The van der Waals surface area contributed by atoms with Gasteiger partial charge in [0.05, 0.1) is 11.9 Å².